The normalized spacial score (nSPS) is 10.6. The standard InChI is InChI=1S/C17H16O4/c1-20-15-4-3-5-16(21-2)17(15)14(19)11-8-12-6-9-13(18)10-7-12/h3-11,18H,1-2H3/b11-8+. The molecule has 0 saturated carbocycles. The number of allylic oxidation sites excluding steroid dienone is 1. The summed E-state index contributed by atoms with van der Waals surface area (Å²) in [5.41, 5.74) is 1.20. The lowest BCUT2D eigenvalue weighted by atomic mass is 10.1. The number of hydrogen-bond donors (Lipinski definition) is 1. The molecule has 0 spiro atoms. The van der Waals surface area contributed by atoms with E-state index in [1.165, 1.54) is 20.3 Å². The molecule has 0 unspecified atom stereocenters. The first-order valence-corrected chi connectivity index (χ1v) is 6.38. The van der Waals surface area contributed by atoms with Crippen LogP contribution in [0, 0.1) is 0 Å². The van der Waals surface area contributed by atoms with Crippen molar-refractivity contribution in [3.8, 4) is 17.2 Å². The molecule has 0 radical (unpaired) electrons. The molecule has 1 N–H and O–H groups in total. The van der Waals surface area contributed by atoms with Gasteiger partial charge in [-0.15, -0.1) is 0 Å². The van der Waals surface area contributed by atoms with Gasteiger partial charge in [0.05, 0.1) is 14.2 Å². The lowest BCUT2D eigenvalue weighted by molar-refractivity contribution is 0.104. The van der Waals surface area contributed by atoms with Gasteiger partial charge in [-0.25, -0.2) is 0 Å². The van der Waals surface area contributed by atoms with E-state index < -0.39 is 0 Å². The Bertz CT molecular complexity index is 635. The first-order chi connectivity index (χ1) is 10.2. The molecule has 0 fully saturated rings. The summed E-state index contributed by atoms with van der Waals surface area (Å²) < 4.78 is 10.4. The Labute approximate surface area is 123 Å². The van der Waals surface area contributed by atoms with Gasteiger partial charge in [0.1, 0.15) is 22.8 Å². The van der Waals surface area contributed by atoms with Crippen molar-refractivity contribution in [1.82, 2.24) is 0 Å². The van der Waals surface area contributed by atoms with Gasteiger partial charge >= 0.3 is 0 Å². The van der Waals surface area contributed by atoms with Crippen LogP contribution < -0.4 is 9.47 Å². The molecule has 0 saturated heterocycles. The molecule has 2 aromatic carbocycles. The third kappa shape index (κ3) is 3.42. The van der Waals surface area contributed by atoms with Crippen molar-refractivity contribution in [3.63, 3.8) is 0 Å². The van der Waals surface area contributed by atoms with Crippen LogP contribution in [0.1, 0.15) is 15.9 Å². The van der Waals surface area contributed by atoms with Crippen molar-refractivity contribution in [2.24, 2.45) is 0 Å². The molecule has 2 rings (SSSR count). The fourth-order valence-electron chi connectivity index (χ4n) is 1.93. The number of carbonyl (C=O) groups excluding carboxylic acids is 1. The number of phenolic OH excluding ortho intramolecular Hbond substituents is 1. The van der Waals surface area contributed by atoms with Crippen LogP contribution in [0.5, 0.6) is 17.2 Å². The van der Waals surface area contributed by atoms with Crippen LogP contribution >= 0.6 is 0 Å². The Hall–Kier alpha value is -2.75. The minimum absolute atomic E-state index is 0.185. The predicted molar refractivity (Wildman–Crippen MR) is 81.0 cm³/mol. The van der Waals surface area contributed by atoms with Crippen molar-refractivity contribution in [2.45, 2.75) is 0 Å². The van der Waals surface area contributed by atoms with Crippen LogP contribution in [-0.2, 0) is 0 Å². The van der Waals surface area contributed by atoms with Gasteiger partial charge in [0.2, 0.25) is 0 Å². The molecule has 4 heteroatoms. The van der Waals surface area contributed by atoms with Gasteiger partial charge in [-0.1, -0.05) is 24.3 Å². The molecule has 0 bridgehead atoms. The van der Waals surface area contributed by atoms with E-state index in [4.69, 9.17) is 9.47 Å². The maximum Gasteiger partial charge on any atom is 0.193 e. The van der Waals surface area contributed by atoms with Crippen LogP contribution in [-0.4, -0.2) is 25.1 Å². The lowest BCUT2D eigenvalue weighted by Crippen LogP contribution is -2.02. The molecule has 2 aromatic rings. The number of hydrogen-bond acceptors (Lipinski definition) is 4. The smallest absolute Gasteiger partial charge is 0.193 e. The van der Waals surface area contributed by atoms with E-state index in [0.717, 1.165) is 5.56 Å². The zero-order chi connectivity index (χ0) is 15.2. The van der Waals surface area contributed by atoms with Crippen molar-refractivity contribution < 1.29 is 19.4 Å². The van der Waals surface area contributed by atoms with E-state index in [1.807, 2.05) is 0 Å². The summed E-state index contributed by atoms with van der Waals surface area (Å²) in [6, 6.07) is 11.8. The number of ether oxygens (including phenoxy) is 2. The second-order valence-corrected chi connectivity index (χ2v) is 4.33. The molecule has 4 nitrogen and oxygen atoms in total. The molecular weight excluding hydrogens is 268 g/mol. The lowest BCUT2D eigenvalue weighted by Gasteiger charge is -2.10. The molecule has 0 amide bonds. The molecular formula is C17H16O4. The molecule has 0 aliphatic carbocycles. The Balaban J connectivity index is 2.30. The first-order valence-electron chi connectivity index (χ1n) is 6.38. The summed E-state index contributed by atoms with van der Waals surface area (Å²) >= 11 is 0. The quantitative estimate of drug-likeness (QED) is 0.676. The Morgan fingerprint density at radius 1 is 1.00 bits per heavy atom. The van der Waals surface area contributed by atoms with E-state index >= 15 is 0 Å². The van der Waals surface area contributed by atoms with Crippen LogP contribution in [0.4, 0.5) is 0 Å². The van der Waals surface area contributed by atoms with Gasteiger partial charge in [-0.05, 0) is 35.9 Å². The average Bonchev–Trinajstić information content (AvgIpc) is 2.53. The Morgan fingerprint density at radius 3 is 2.10 bits per heavy atom. The summed E-state index contributed by atoms with van der Waals surface area (Å²) in [5.74, 6) is 0.909. The summed E-state index contributed by atoms with van der Waals surface area (Å²) in [6.45, 7) is 0. The van der Waals surface area contributed by atoms with Crippen LogP contribution in [0.25, 0.3) is 6.08 Å². The van der Waals surface area contributed by atoms with Crippen molar-refractivity contribution in [1.29, 1.82) is 0 Å². The number of carbonyl (C=O) groups is 1. The molecule has 0 atom stereocenters. The largest absolute Gasteiger partial charge is 0.508 e. The maximum absolute atomic E-state index is 12.3. The molecule has 21 heavy (non-hydrogen) atoms. The summed E-state index contributed by atoms with van der Waals surface area (Å²) in [6.07, 6.45) is 3.13. The summed E-state index contributed by atoms with van der Waals surface area (Å²) in [5, 5.41) is 9.22. The zero-order valence-electron chi connectivity index (χ0n) is 11.9. The number of ketones is 1. The molecule has 108 valence electrons. The third-order valence-electron chi connectivity index (χ3n) is 2.99. The van der Waals surface area contributed by atoms with E-state index in [1.54, 1.807) is 48.5 Å². The van der Waals surface area contributed by atoms with E-state index in [2.05, 4.69) is 0 Å². The van der Waals surface area contributed by atoms with Gasteiger partial charge in [-0.2, -0.15) is 0 Å². The molecule has 0 aliphatic rings. The number of aromatic hydroxyl groups is 1. The highest BCUT2D eigenvalue weighted by atomic mass is 16.5. The minimum Gasteiger partial charge on any atom is -0.508 e. The minimum atomic E-state index is -0.211. The molecule has 0 aromatic heterocycles. The number of methoxy groups -OCH3 is 2. The highest BCUT2D eigenvalue weighted by Crippen LogP contribution is 2.29. The van der Waals surface area contributed by atoms with Gasteiger partial charge in [-0.3, -0.25) is 4.79 Å². The second kappa shape index (κ2) is 6.61. The van der Waals surface area contributed by atoms with Crippen LogP contribution in [0.3, 0.4) is 0 Å². The molecule has 0 aliphatic heterocycles. The number of rotatable bonds is 5. The van der Waals surface area contributed by atoms with Gasteiger partial charge in [0.15, 0.2) is 5.78 Å². The topological polar surface area (TPSA) is 55.8 Å². The third-order valence-corrected chi connectivity index (χ3v) is 2.99. The van der Waals surface area contributed by atoms with E-state index in [-0.39, 0.29) is 11.5 Å². The Kier molecular flexibility index (Phi) is 4.61. The SMILES string of the molecule is COc1cccc(OC)c1C(=O)/C=C/c1ccc(O)cc1. The highest BCUT2D eigenvalue weighted by Gasteiger charge is 2.15. The van der Waals surface area contributed by atoms with Crippen LogP contribution in [0.15, 0.2) is 48.5 Å². The Morgan fingerprint density at radius 2 is 1.57 bits per heavy atom. The predicted octanol–water partition coefficient (Wildman–Crippen LogP) is 3.31. The van der Waals surface area contributed by atoms with Gasteiger partial charge < -0.3 is 14.6 Å². The molecule has 0 heterocycles. The van der Waals surface area contributed by atoms with Crippen molar-refractivity contribution >= 4 is 11.9 Å². The van der Waals surface area contributed by atoms with Gasteiger partial charge in [0, 0.05) is 0 Å². The second-order valence-electron chi connectivity index (χ2n) is 4.33. The summed E-state index contributed by atoms with van der Waals surface area (Å²) in [4.78, 5) is 12.3. The summed E-state index contributed by atoms with van der Waals surface area (Å²) in [7, 11) is 3.02. The van der Waals surface area contributed by atoms with E-state index in [9.17, 15) is 9.90 Å². The van der Waals surface area contributed by atoms with Gasteiger partial charge in [0.25, 0.3) is 0 Å². The monoisotopic (exact) mass is 284 g/mol. The fraction of sp³-hybridized carbons (Fsp3) is 0.118. The highest BCUT2D eigenvalue weighted by molar-refractivity contribution is 6.10. The first kappa shape index (κ1) is 14.7. The fourth-order valence-corrected chi connectivity index (χ4v) is 1.93. The van der Waals surface area contributed by atoms with Crippen molar-refractivity contribution in [3.05, 3.63) is 59.7 Å². The van der Waals surface area contributed by atoms with E-state index in [0.29, 0.717) is 17.1 Å². The van der Waals surface area contributed by atoms with Crippen LogP contribution in [0.2, 0.25) is 0 Å². The zero-order valence-corrected chi connectivity index (χ0v) is 11.9. The number of benzene rings is 2. The number of phenols is 1. The average molecular weight is 284 g/mol. The maximum atomic E-state index is 12.3. The van der Waals surface area contributed by atoms with Crippen molar-refractivity contribution in [2.75, 3.05) is 14.2 Å².